The van der Waals surface area contributed by atoms with Crippen LogP contribution in [-0.2, 0) is 10.8 Å². The Morgan fingerprint density at radius 3 is 1.57 bits per heavy atom. The number of rotatable bonds is 4. The number of para-hydroxylation sites is 3. The molecule has 0 radical (unpaired) electrons. The molecule has 4 bridgehead atoms. The lowest BCUT2D eigenvalue weighted by atomic mass is 9.41. The van der Waals surface area contributed by atoms with Gasteiger partial charge in [0.05, 0.1) is 27.8 Å². The Bertz CT molecular complexity index is 3110. The SMILES string of the molecule is c1ccc(C2(c3ccccc3)c3ccccc3-c3cc(-n4c5ccccc5c5cc(N6c7ccccc7C7(c8ccccc86)C6CC8CC(C6)CC7C8)ccc54)ccc32)cc1. The van der Waals surface area contributed by atoms with Gasteiger partial charge in [-0.05, 0) is 149 Å². The third-order valence-electron chi connectivity index (χ3n) is 16.2. The lowest BCUT2D eigenvalue weighted by molar-refractivity contribution is -0.0419. The van der Waals surface area contributed by atoms with Gasteiger partial charge in [-0.1, -0.05) is 146 Å². The highest BCUT2D eigenvalue weighted by Gasteiger charge is 2.61. The number of aromatic nitrogens is 1. The van der Waals surface area contributed by atoms with Gasteiger partial charge in [0.1, 0.15) is 0 Å². The van der Waals surface area contributed by atoms with E-state index in [4.69, 9.17) is 0 Å². The lowest BCUT2D eigenvalue weighted by Gasteiger charge is -2.64. The molecule has 0 saturated heterocycles. The van der Waals surface area contributed by atoms with Crippen molar-refractivity contribution < 1.29 is 0 Å². The number of fused-ring (bicyclic) bond motifs is 8. The first-order valence-electron chi connectivity index (χ1n) is 22.6. The minimum Gasteiger partial charge on any atom is -0.310 e. The molecular formula is C59H46N2. The molecular weight excluding hydrogens is 737 g/mol. The Hall–Kier alpha value is -6.64. The van der Waals surface area contributed by atoms with Gasteiger partial charge in [0.2, 0.25) is 0 Å². The number of hydrogen-bond acceptors (Lipinski definition) is 1. The fraction of sp³-hybridized carbons (Fsp3) is 0.186. The molecule has 9 aromatic rings. The van der Waals surface area contributed by atoms with Crippen molar-refractivity contribution in [3.63, 3.8) is 0 Å². The Morgan fingerprint density at radius 1 is 0.377 bits per heavy atom. The van der Waals surface area contributed by atoms with E-state index in [1.165, 1.54) is 110 Å². The molecule has 0 unspecified atom stereocenters. The summed E-state index contributed by atoms with van der Waals surface area (Å²) in [6, 6.07) is 73.8. The minimum absolute atomic E-state index is 0.0992. The van der Waals surface area contributed by atoms with Crippen LogP contribution in [0.25, 0.3) is 38.6 Å². The van der Waals surface area contributed by atoms with Crippen molar-refractivity contribution in [1.29, 1.82) is 0 Å². The van der Waals surface area contributed by atoms with Gasteiger partial charge in [-0.25, -0.2) is 0 Å². The van der Waals surface area contributed by atoms with Gasteiger partial charge >= 0.3 is 0 Å². The molecule has 2 heterocycles. The molecule has 15 rings (SSSR count). The molecule has 292 valence electrons. The van der Waals surface area contributed by atoms with E-state index in [-0.39, 0.29) is 5.41 Å². The van der Waals surface area contributed by atoms with E-state index in [0.717, 1.165) is 23.7 Å². The molecule has 4 saturated carbocycles. The summed E-state index contributed by atoms with van der Waals surface area (Å²) < 4.78 is 2.50. The predicted molar refractivity (Wildman–Crippen MR) is 251 cm³/mol. The van der Waals surface area contributed by atoms with E-state index >= 15 is 0 Å². The summed E-state index contributed by atoms with van der Waals surface area (Å²) in [5, 5.41) is 2.56. The monoisotopic (exact) mass is 782 g/mol. The predicted octanol–water partition coefficient (Wildman–Crippen LogP) is 14.7. The van der Waals surface area contributed by atoms with Crippen LogP contribution in [0.5, 0.6) is 0 Å². The van der Waals surface area contributed by atoms with Crippen LogP contribution < -0.4 is 4.90 Å². The number of benzene rings is 8. The normalized spacial score (nSPS) is 22.0. The smallest absolute Gasteiger partial charge is 0.0713 e. The fourth-order valence-corrected chi connectivity index (χ4v) is 14.4. The Kier molecular flexibility index (Phi) is 6.97. The summed E-state index contributed by atoms with van der Waals surface area (Å²) in [5.74, 6) is 3.28. The molecule has 2 nitrogen and oxygen atoms in total. The van der Waals surface area contributed by atoms with Crippen molar-refractivity contribution in [1.82, 2.24) is 4.57 Å². The zero-order valence-electron chi connectivity index (χ0n) is 34.2. The standard InChI is InChI=1S/C59H46N2/c1-3-15-40(16-4-1)58(41-17-5-2-6-18-41)50-21-9-7-19-46(50)48-36-44(27-29-51(48)58)60-54-24-12-8-20-47(54)49-37-45(28-30-55(49)60)61-56-25-13-10-22-52(56)59(53-23-11-14-26-57(53)61)42-32-38-31-39(34-42)35-43(59)33-38/h1-30,36-39,42-43H,31-35H2. The molecule has 1 spiro atoms. The van der Waals surface area contributed by atoms with Crippen LogP contribution in [0.1, 0.15) is 65.5 Å². The van der Waals surface area contributed by atoms with Crippen LogP contribution in [-0.4, -0.2) is 4.57 Å². The van der Waals surface area contributed by atoms with E-state index in [9.17, 15) is 0 Å². The van der Waals surface area contributed by atoms with Gasteiger partial charge in [0, 0.05) is 27.6 Å². The minimum atomic E-state index is -0.418. The van der Waals surface area contributed by atoms with Crippen molar-refractivity contribution >= 4 is 38.9 Å². The van der Waals surface area contributed by atoms with Gasteiger partial charge < -0.3 is 9.47 Å². The average molecular weight is 783 g/mol. The zero-order chi connectivity index (χ0) is 39.9. The van der Waals surface area contributed by atoms with Crippen LogP contribution in [0.2, 0.25) is 0 Å². The highest BCUT2D eigenvalue weighted by atomic mass is 15.2. The van der Waals surface area contributed by atoms with Gasteiger partial charge in [-0.15, -0.1) is 0 Å². The van der Waals surface area contributed by atoms with Crippen molar-refractivity contribution in [2.24, 2.45) is 23.7 Å². The Labute approximate surface area is 357 Å². The van der Waals surface area contributed by atoms with Crippen LogP contribution in [0.3, 0.4) is 0 Å². The summed E-state index contributed by atoms with van der Waals surface area (Å²) in [7, 11) is 0. The van der Waals surface area contributed by atoms with Crippen molar-refractivity contribution in [3.8, 4) is 16.8 Å². The van der Waals surface area contributed by atoms with E-state index in [1.807, 2.05) is 0 Å². The van der Waals surface area contributed by atoms with Crippen LogP contribution in [0.4, 0.5) is 17.1 Å². The lowest BCUT2D eigenvalue weighted by Crippen LogP contribution is -2.57. The molecule has 8 aromatic carbocycles. The van der Waals surface area contributed by atoms with E-state index in [1.54, 1.807) is 11.1 Å². The number of nitrogens with zero attached hydrogens (tertiary/aromatic N) is 2. The first kappa shape index (κ1) is 34.1. The van der Waals surface area contributed by atoms with Gasteiger partial charge in [-0.2, -0.15) is 0 Å². The first-order valence-corrected chi connectivity index (χ1v) is 22.6. The molecule has 2 heteroatoms. The molecule has 0 amide bonds. The third kappa shape index (κ3) is 4.38. The fourth-order valence-electron chi connectivity index (χ4n) is 14.4. The molecule has 5 aliphatic carbocycles. The summed E-state index contributed by atoms with van der Waals surface area (Å²) in [4.78, 5) is 2.60. The molecule has 1 aromatic heterocycles. The second-order valence-electron chi connectivity index (χ2n) is 18.9. The zero-order valence-corrected chi connectivity index (χ0v) is 34.2. The Morgan fingerprint density at radius 2 is 0.902 bits per heavy atom. The highest BCUT2D eigenvalue weighted by Crippen LogP contribution is 2.69. The van der Waals surface area contributed by atoms with Crippen LogP contribution in [0, 0.1) is 23.7 Å². The topological polar surface area (TPSA) is 8.17 Å². The second kappa shape index (κ2) is 12.5. The van der Waals surface area contributed by atoms with Gasteiger partial charge in [0.25, 0.3) is 0 Å². The Balaban J connectivity index is 0.959. The largest absolute Gasteiger partial charge is 0.310 e. The summed E-state index contributed by atoms with van der Waals surface area (Å²) in [6.07, 6.45) is 7.00. The van der Waals surface area contributed by atoms with Crippen molar-refractivity contribution in [2.75, 3.05) is 4.90 Å². The van der Waals surface area contributed by atoms with E-state index in [0.29, 0.717) is 0 Å². The van der Waals surface area contributed by atoms with Crippen molar-refractivity contribution in [3.05, 3.63) is 228 Å². The van der Waals surface area contributed by atoms with Gasteiger partial charge in [0.15, 0.2) is 0 Å². The van der Waals surface area contributed by atoms with E-state index in [2.05, 4.69) is 204 Å². The maximum atomic E-state index is 2.60. The van der Waals surface area contributed by atoms with Gasteiger partial charge in [-0.3, -0.25) is 0 Å². The average Bonchev–Trinajstić information content (AvgIpc) is 3.81. The molecule has 0 atom stereocenters. The maximum absolute atomic E-state index is 2.60. The second-order valence-corrected chi connectivity index (χ2v) is 18.9. The molecule has 61 heavy (non-hydrogen) atoms. The van der Waals surface area contributed by atoms with E-state index < -0.39 is 5.41 Å². The third-order valence-corrected chi connectivity index (χ3v) is 16.2. The van der Waals surface area contributed by atoms with Crippen molar-refractivity contribution in [2.45, 2.75) is 42.9 Å². The van der Waals surface area contributed by atoms with Crippen LogP contribution >= 0.6 is 0 Å². The molecule has 1 aliphatic heterocycles. The maximum Gasteiger partial charge on any atom is 0.0713 e. The van der Waals surface area contributed by atoms with Crippen LogP contribution in [0.15, 0.2) is 194 Å². The number of hydrogen-bond donors (Lipinski definition) is 0. The first-order chi connectivity index (χ1) is 30.2. The summed E-state index contributed by atoms with van der Waals surface area (Å²) in [6.45, 7) is 0. The highest BCUT2D eigenvalue weighted by molar-refractivity contribution is 6.11. The quantitative estimate of drug-likeness (QED) is 0.173. The summed E-state index contributed by atoms with van der Waals surface area (Å²) >= 11 is 0. The summed E-state index contributed by atoms with van der Waals surface area (Å²) in [5.41, 5.74) is 18.3. The number of anilines is 3. The molecule has 4 fully saturated rings. The molecule has 0 N–H and O–H groups in total. The molecule has 6 aliphatic rings.